The zero-order chi connectivity index (χ0) is 12.5. The molecular formula is C16H17IO. The van der Waals surface area contributed by atoms with Crippen molar-refractivity contribution in [1.29, 1.82) is 0 Å². The zero-order valence-corrected chi connectivity index (χ0v) is 12.5. The van der Waals surface area contributed by atoms with Crippen LogP contribution in [0.4, 0.5) is 0 Å². The van der Waals surface area contributed by atoms with Crippen molar-refractivity contribution in [2.24, 2.45) is 0 Å². The first-order valence-corrected chi connectivity index (χ1v) is 7.75. The first kappa shape index (κ1) is 12.3. The second-order valence-corrected chi connectivity index (χ2v) is 6.26. The second kappa shape index (κ2) is 5.08. The van der Waals surface area contributed by atoms with Gasteiger partial charge in [0.1, 0.15) is 5.75 Å². The molecule has 0 amide bonds. The molecule has 0 saturated heterocycles. The summed E-state index contributed by atoms with van der Waals surface area (Å²) in [7, 11) is 0. The van der Waals surface area contributed by atoms with Crippen LogP contribution in [0.25, 0.3) is 10.8 Å². The number of fused-ring (bicyclic) bond motifs is 1. The van der Waals surface area contributed by atoms with E-state index < -0.39 is 0 Å². The van der Waals surface area contributed by atoms with Crippen molar-refractivity contribution in [3.8, 4) is 5.75 Å². The second-order valence-electron chi connectivity index (χ2n) is 5.18. The first-order valence-electron chi connectivity index (χ1n) is 6.67. The van der Waals surface area contributed by atoms with Crippen LogP contribution in [-0.4, -0.2) is 5.11 Å². The minimum atomic E-state index is 0.440. The lowest BCUT2D eigenvalue weighted by Crippen LogP contribution is -2.07. The lowest BCUT2D eigenvalue weighted by molar-refractivity contribution is 0.437. The van der Waals surface area contributed by atoms with Crippen molar-refractivity contribution in [3.63, 3.8) is 0 Å². The van der Waals surface area contributed by atoms with Crippen LogP contribution >= 0.6 is 22.6 Å². The van der Waals surface area contributed by atoms with Crippen LogP contribution in [0.1, 0.15) is 43.6 Å². The van der Waals surface area contributed by atoms with Crippen molar-refractivity contribution in [2.75, 3.05) is 0 Å². The van der Waals surface area contributed by atoms with Crippen molar-refractivity contribution in [1.82, 2.24) is 0 Å². The third-order valence-corrected chi connectivity index (χ3v) is 5.15. The minimum Gasteiger partial charge on any atom is -0.507 e. The molecule has 0 aliphatic heterocycles. The normalized spacial score (nSPS) is 17.2. The molecule has 1 N–H and O–H groups in total. The van der Waals surface area contributed by atoms with Gasteiger partial charge in [0, 0.05) is 0 Å². The maximum Gasteiger partial charge on any atom is 0.129 e. The fourth-order valence-corrected chi connectivity index (χ4v) is 4.01. The largest absolute Gasteiger partial charge is 0.507 e. The summed E-state index contributed by atoms with van der Waals surface area (Å²) in [4.78, 5) is 0. The van der Waals surface area contributed by atoms with Gasteiger partial charge in [0.25, 0.3) is 0 Å². The topological polar surface area (TPSA) is 20.2 Å². The van der Waals surface area contributed by atoms with Crippen LogP contribution in [0, 0.1) is 3.57 Å². The third kappa shape index (κ3) is 2.11. The summed E-state index contributed by atoms with van der Waals surface area (Å²) < 4.78 is 1.05. The highest BCUT2D eigenvalue weighted by Crippen LogP contribution is 2.41. The minimum absolute atomic E-state index is 0.440. The van der Waals surface area contributed by atoms with Gasteiger partial charge in [-0.3, -0.25) is 0 Å². The Kier molecular flexibility index (Phi) is 3.46. The highest BCUT2D eigenvalue weighted by molar-refractivity contribution is 14.1. The summed E-state index contributed by atoms with van der Waals surface area (Å²) in [5, 5.41) is 12.6. The highest BCUT2D eigenvalue weighted by atomic mass is 127. The molecule has 0 unspecified atom stereocenters. The lowest BCUT2D eigenvalue weighted by atomic mass is 9.82. The Morgan fingerprint density at radius 1 is 1.06 bits per heavy atom. The lowest BCUT2D eigenvalue weighted by Gasteiger charge is -2.25. The molecule has 1 aliphatic rings. The van der Waals surface area contributed by atoms with Gasteiger partial charge < -0.3 is 5.11 Å². The maximum atomic E-state index is 10.1. The standard InChI is InChI=1S/C16H17IO/c17-16-14(18)10-12-8-4-5-9-13(12)15(16)11-6-2-1-3-7-11/h4-5,8-11,18H,1-3,6-7H2. The molecule has 0 heterocycles. The van der Waals surface area contributed by atoms with Crippen molar-refractivity contribution >= 4 is 33.4 Å². The summed E-state index contributed by atoms with van der Waals surface area (Å²) in [5.41, 5.74) is 1.38. The predicted molar refractivity (Wildman–Crippen MR) is 84.2 cm³/mol. The molecule has 3 rings (SSSR count). The Balaban J connectivity index is 2.21. The fraction of sp³-hybridized carbons (Fsp3) is 0.375. The molecule has 18 heavy (non-hydrogen) atoms. The van der Waals surface area contributed by atoms with E-state index in [1.54, 1.807) is 0 Å². The van der Waals surface area contributed by atoms with Crippen LogP contribution in [0.15, 0.2) is 30.3 Å². The van der Waals surface area contributed by atoms with Gasteiger partial charge in [-0.15, -0.1) is 0 Å². The molecule has 0 bridgehead atoms. The molecule has 1 aliphatic carbocycles. The quantitative estimate of drug-likeness (QED) is 0.700. The molecule has 2 heteroatoms. The predicted octanol–water partition coefficient (Wildman–Crippen LogP) is 5.20. The number of phenolic OH excluding ortho intramolecular Hbond substituents is 1. The molecular weight excluding hydrogens is 335 g/mol. The van der Waals surface area contributed by atoms with Crippen LogP contribution in [-0.2, 0) is 0 Å². The smallest absolute Gasteiger partial charge is 0.129 e. The number of hydrogen-bond donors (Lipinski definition) is 1. The van der Waals surface area contributed by atoms with Crippen LogP contribution < -0.4 is 0 Å². The van der Waals surface area contributed by atoms with E-state index in [9.17, 15) is 5.11 Å². The zero-order valence-electron chi connectivity index (χ0n) is 10.3. The molecule has 0 radical (unpaired) electrons. The molecule has 0 aromatic heterocycles. The highest BCUT2D eigenvalue weighted by Gasteiger charge is 2.21. The van der Waals surface area contributed by atoms with E-state index in [2.05, 4.69) is 40.8 Å². The van der Waals surface area contributed by atoms with E-state index >= 15 is 0 Å². The van der Waals surface area contributed by atoms with Crippen molar-refractivity contribution in [2.45, 2.75) is 38.0 Å². The average Bonchev–Trinajstić information content (AvgIpc) is 2.41. The summed E-state index contributed by atoms with van der Waals surface area (Å²) in [5.74, 6) is 1.07. The van der Waals surface area contributed by atoms with Crippen molar-refractivity contribution in [3.05, 3.63) is 39.5 Å². The van der Waals surface area contributed by atoms with E-state index in [-0.39, 0.29) is 0 Å². The molecule has 94 valence electrons. The van der Waals surface area contributed by atoms with Crippen LogP contribution in [0.5, 0.6) is 5.75 Å². The monoisotopic (exact) mass is 352 g/mol. The number of rotatable bonds is 1. The molecule has 1 fully saturated rings. The Labute approximate surface area is 121 Å². The van der Waals surface area contributed by atoms with Crippen LogP contribution in [0.3, 0.4) is 0 Å². The van der Waals surface area contributed by atoms with Gasteiger partial charge in [-0.1, -0.05) is 43.5 Å². The Bertz CT molecular complexity index is 571. The Morgan fingerprint density at radius 2 is 1.78 bits per heavy atom. The van der Waals surface area contributed by atoms with Gasteiger partial charge in [-0.05, 0) is 63.8 Å². The van der Waals surface area contributed by atoms with E-state index in [0.29, 0.717) is 11.7 Å². The van der Waals surface area contributed by atoms with E-state index in [1.807, 2.05) is 12.1 Å². The third-order valence-electron chi connectivity index (χ3n) is 4.02. The van der Waals surface area contributed by atoms with E-state index in [0.717, 1.165) is 8.96 Å². The summed E-state index contributed by atoms with van der Waals surface area (Å²) in [6, 6.07) is 10.3. The first-order chi connectivity index (χ1) is 8.77. The van der Waals surface area contributed by atoms with Gasteiger partial charge in [-0.2, -0.15) is 0 Å². The average molecular weight is 352 g/mol. The SMILES string of the molecule is Oc1cc2ccccc2c(C2CCCCC2)c1I. The number of halogens is 1. The van der Waals surface area contributed by atoms with Crippen LogP contribution in [0.2, 0.25) is 0 Å². The molecule has 2 aromatic carbocycles. The maximum absolute atomic E-state index is 10.1. The fourth-order valence-electron chi connectivity index (χ4n) is 3.13. The molecule has 1 nitrogen and oxygen atoms in total. The molecule has 0 atom stereocenters. The van der Waals surface area contributed by atoms with Gasteiger partial charge in [0.05, 0.1) is 3.57 Å². The van der Waals surface area contributed by atoms with E-state index in [4.69, 9.17) is 0 Å². The Morgan fingerprint density at radius 3 is 2.56 bits per heavy atom. The Hall–Kier alpha value is -0.770. The van der Waals surface area contributed by atoms with Gasteiger partial charge >= 0.3 is 0 Å². The molecule has 0 spiro atoms. The van der Waals surface area contributed by atoms with Gasteiger partial charge in [0.15, 0.2) is 0 Å². The van der Waals surface area contributed by atoms with Gasteiger partial charge in [-0.25, -0.2) is 0 Å². The molecule has 1 saturated carbocycles. The summed E-state index contributed by atoms with van der Waals surface area (Å²) in [6.07, 6.45) is 6.55. The summed E-state index contributed by atoms with van der Waals surface area (Å²) in [6.45, 7) is 0. The number of benzene rings is 2. The van der Waals surface area contributed by atoms with E-state index in [1.165, 1.54) is 43.1 Å². The number of hydrogen-bond acceptors (Lipinski definition) is 1. The number of phenols is 1. The summed E-state index contributed by atoms with van der Waals surface area (Å²) >= 11 is 2.31. The van der Waals surface area contributed by atoms with Crippen molar-refractivity contribution < 1.29 is 5.11 Å². The van der Waals surface area contributed by atoms with Gasteiger partial charge in [0.2, 0.25) is 0 Å². The number of aromatic hydroxyl groups is 1. The molecule has 2 aromatic rings.